The lowest BCUT2D eigenvalue weighted by Crippen LogP contribution is -1.99. The lowest BCUT2D eigenvalue weighted by molar-refractivity contribution is -0.383. The first kappa shape index (κ1) is 12.4. The van der Waals surface area contributed by atoms with E-state index in [1.165, 1.54) is 17.8 Å². The van der Waals surface area contributed by atoms with Crippen LogP contribution < -0.4 is 5.73 Å². The van der Waals surface area contributed by atoms with Gasteiger partial charge in [0.2, 0.25) is 5.89 Å². The Balaban J connectivity index is 2.14. The minimum absolute atomic E-state index is 0.0881. The standard InChI is InChI=1S/C10H10N4O3S/c1-6-12-13-10(17-6)18-5-7-3-2-4-8(9(7)11)14(15)16/h2-4H,5,11H2,1H3. The molecule has 18 heavy (non-hydrogen) atoms. The van der Waals surface area contributed by atoms with Gasteiger partial charge in [0.05, 0.1) is 4.92 Å². The number of nitro groups is 1. The van der Waals surface area contributed by atoms with Gasteiger partial charge < -0.3 is 10.2 Å². The molecule has 0 atom stereocenters. The number of nitrogens with two attached hydrogens (primary N) is 1. The van der Waals surface area contributed by atoms with Crippen molar-refractivity contribution < 1.29 is 9.34 Å². The highest BCUT2D eigenvalue weighted by Crippen LogP contribution is 2.29. The second-order valence-corrected chi connectivity index (χ2v) is 4.41. The molecule has 0 amide bonds. The minimum atomic E-state index is -0.500. The third kappa shape index (κ3) is 2.59. The maximum Gasteiger partial charge on any atom is 0.292 e. The molecule has 0 unspecified atom stereocenters. The van der Waals surface area contributed by atoms with Gasteiger partial charge in [-0.15, -0.1) is 10.2 Å². The predicted octanol–water partition coefficient (Wildman–Crippen LogP) is 2.16. The van der Waals surface area contributed by atoms with E-state index in [1.54, 1.807) is 19.1 Å². The summed E-state index contributed by atoms with van der Waals surface area (Å²) < 4.78 is 5.19. The molecule has 0 fully saturated rings. The van der Waals surface area contributed by atoms with Gasteiger partial charge in [-0.3, -0.25) is 10.1 Å². The summed E-state index contributed by atoms with van der Waals surface area (Å²) in [5, 5.41) is 18.7. The summed E-state index contributed by atoms with van der Waals surface area (Å²) >= 11 is 1.29. The molecule has 0 saturated carbocycles. The number of rotatable bonds is 4. The van der Waals surface area contributed by atoms with Crippen LogP contribution in [0, 0.1) is 17.0 Å². The van der Waals surface area contributed by atoms with Crippen LogP contribution in [-0.2, 0) is 5.75 Å². The normalized spacial score (nSPS) is 10.5. The Morgan fingerprint density at radius 1 is 1.50 bits per heavy atom. The number of benzene rings is 1. The highest BCUT2D eigenvalue weighted by molar-refractivity contribution is 7.98. The number of hydrogen-bond donors (Lipinski definition) is 1. The fourth-order valence-electron chi connectivity index (χ4n) is 1.36. The number of para-hydroxylation sites is 1. The number of aromatic nitrogens is 2. The van der Waals surface area contributed by atoms with Gasteiger partial charge in [-0.1, -0.05) is 23.9 Å². The third-order valence-electron chi connectivity index (χ3n) is 2.23. The second-order valence-electron chi connectivity index (χ2n) is 3.48. The molecule has 1 aromatic carbocycles. The third-order valence-corrected chi connectivity index (χ3v) is 3.10. The van der Waals surface area contributed by atoms with Crippen LogP contribution in [0.2, 0.25) is 0 Å². The van der Waals surface area contributed by atoms with Gasteiger partial charge in [0.1, 0.15) is 5.69 Å². The number of nitro benzene ring substituents is 1. The highest BCUT2D eigenvalue weighted by atomic mass is 32.2. The monoisotopic (exact) mass is 266 g/mol. The van der Waals surface area contributed by atoms with Gasteiger partial charge >= 0.3 is 0 Å². The van der Waals surface area contributed by atoms with Crippen LogP contribution in [0.25, 0.3) is 0 Å². The quantitative estimate of drug-likeness (QED) is 0.391. The smallest absolute Gasteiger partial charge is 0.292 e. The molecule has 0 aliphatic carbocycles. The van der Waals surface area contributed by atoms with E-state index in [9.17, 15) is 10.1 Å². The van der Waals surface area contributed by atoms with Crippen molar-refractivity contribution in [3.63, 3.8) is 0 Å². The van der Waals surface area contributed by atoms with E-state index in [0.717, 1.165) is 0 Å². The first-order chi connectivity index (χ1) is 8.58. The Kier molecular flexibility index (Phi) is 3.47. The number of nitrogen functional groups attached to an aromatic ring is 1. The molecule has 2 rings (SSSR count). The van der Waals surface area contributed by atoms with Crippen LogP contribution in [0.4, 0.5) is 11.4 Å². The van der Waals surface area contributed by atoms with Crippen LogP contribution in [0.1, 0.15) is 11.5 Å². The first-order valence-corrected chi connectivity index (χ1v) is 6.01. The van der Waals surface area contributed by atoms with Crippen molar-refractivity contribution in [3.8, 4) is 0 Å². The summed E-state index contributed by atoms with van der Waals surface area (Å²) in [7, 11) is 0. The number of thioether (sulfide) groups is 1. The zero-order chi connectivity index (χ0) is 13.1. The van der Waals surface area contributed by atoms with E-state index in [1.807, 2.05) is 0 Å². The number of hydrogen-bond acceptors (Lipinski definition) is 7. The molecule has 7 nitrogen and oxygen atoms in total. The van der Waals surface area contributed by atoms with Crippen molar-refractivity contribution in [2.45, 2.75) is 17.9 Å². The van der Waals surface area contributed by atoms with E-state index in [2.05, 4.69) is 10.2 Å². The van der Waals surface area contributed by atoms with Crippen LogP contribution in [0.3, 0.4) is 0 Å². The van der Waals surface area contributed by atoms with Crippen molar-refractivity contribution in [3.05, 3.63) is 39.8 Å². The molecule has 2 N–H and O–H groups in total. The molecule has 2 aromatic rings. The number of anilines is 1. The SMILES string of the molecule is Cc1nnc(SCc2cccc([N+](=O)[O-])c2N)o1. The Bertz CT molecular complexity index is 584. The van der Waals surface area contributed by atoms with Crippen LogP contribution >= 0.6 is 11.8 Å². The summed E-state index contributed by atoms with van der Waals surface area (Å²) in [6.07, 6.45) is 0. The fourth-order valence-corrected chi connectivity index (χ4v) is 2.17. The molecule has 1 aromatic heterocycles. The van der Waals surface area contributed by atoms with Gasteiger partial charge in [-0.05, 0) is 5.56 Å². The lowest BCUT2D eigenvalue weighted by atomic mass is 10.2. The topological polar surface area (TPSA) is 108 Å². The first-order valence-electron chi connectivity index (χ1n) is 5.02. The molecule has 0 radical (unpaired) electrons. The number of aryl methyl sites for hydroxylation is 1. The van der Waals surface area contributed by atoms with Crippen molar-refractivity contribution in [2.75, 3.05) is 5.73 Å². The van der Waals surface area contributed by atoms with Crippen molar-refractivity contribution >= 4 is 23.1 Å². The molecular weight excluding hydrogens is 256 g/mol. The zero-order valence-electron chi connectivity index (χ0n) is 9.49. The van der Waals surface area contributed by atoms with Crippen molar-refractivity contribution in [1.82, 2.24) is 10.2 Å². The van der Waals surface area contributed by atoms with E-state index < -0.39 is 4.92 Å². The lowest BCUT2D eigenvalue weighted by Gasteiger charge is -2.03. The molecule has 0 aliphatic rings. The summed E-state index contributed by atoms with van der Waals surface area (Å²) in [6, 6.07) is 4.71. The molecule has 0 saturated heterocycles. The van der Waals surface area contributed by atoms with Crippen LogP contribution in [0.15, 0.2) is 27.8 Å². The van der Waals surface area contributed by atoms with Crippen LogP contribution in [0.5, 0.6) is 0 Å². The molecule has 0 bridgehead atoms. The molecule has 8 heteroatoms. The van der Waals surface area contributed by atoms with Gasteiger partial charge in [0, 0.05) is 18.7 Å². The highest BCUT2D eigenvalue weighted by Gasteiger charge is 2.15. The van der Waals surface area contributed by atoms with Gasteiger partial charge in [-0.2, -0.15) is 0 Å². The van der Waals surface area contributed by atoms with Gasteiger partial charge in [0.25, 0.3) is 10.9 Å². The summed E-state index contributed by atoms with van der Waals surface area (Å²) in [4.78, 5) is 10.2. The molecule has 0 spiro atoms. The van der Waals surface area contributed by atoms with Crippen molar-refractivity contribution in [1.29, 1.82) is 0 Å². The minimum Gasteiger partial charge on any atom is -0.416 e. The maximum atomic E-state index is 10.7. The second kappa shape index (κ2) is 5.05. The number of nitrogens with zero attached hydrogens (tertiary/aromatic N) is 3. The Labute approximate surface area is 107 Å². The molecule has 94 valence electrons. The van der Waals surface area contributed by atoms with E-state index in [-0.39, 0.29) is 11.4 Å². The summed E-state index contributed by atoms with van der Waals surface area (Å²) in [5.41, 5.74) is 6.49. The predicted molar refractivity (Wildman–Crippen MR) is 66.1 cm³/mol. The fraction of sp³-hybridized carbons (Fsp3) is 0.200. The van der Waals surface area contributed by atoms with E-state index in [4.69, 9.17) is 10.2 Å². The van der Waals surface area contributed by atoms with Gasteiger partial charge in [0.15, 0.2) is 0 Å². The Morgan fingerprint density at radius 2 is 2.28 bits per heavy atom. The Hall–Kier alpha value is -2.09. The van der Waals surface area contributed by atoms with E-state index in [0.29, 0.717) is 22.4 Å². The average Bonchev–Trinajstić information content (AvgIpc) is 2.73. The zero-order valence-corrected chi connectivity index (χ0v) is 10.3. The molecular formula is C10H10N4O3S. The molecule has 0 aliphatic heterocycles. The Morgan fingerprint density at radius 3 is 2.89 bits per heavy atom. The van der Waals surface area contributed by atoms with Crippen LogP contribution in [-0.4, -0.2) is 15.1 Å². The largest absolute Gasteiger partial charge is 0.416 e. The summed E-state index contributed by atoms with van der Waals surface area (Å²) in [5.74, 6) is 0.916. The van der Waals surface area contributed by atoms with Crippen molar-refractivity contribution in [2.24, 2.45) is 0 Å². The van der Waals surface area contributed by atoms with E-state index >= 15 is 0 Å². The maximum absolute atomic E-state index is 10.7. The molecule has 1 heterocycles. The van der Waals surface area contributed by atoms with Gasteiger partial charge in [-0.25, -0.2) is 0 Å². The average molecular weight is 266 g/mol. The summed E-state index contributed by atoms with van der Waals surface area (Å²) in [6.45, 7) is 1.69.